The van der Waals surface area contributed by atoms with E-state index in [9.17, 15) is 24.0 Å². The molecule has 13 heteroatoms. The summed E-state index contributed by atoms with van der Waals surface area (Å²) < 4.78 is 5.42. The van der Waals surface area contributed by atoms with Crippen LogP contribution in [0.15, 0.2) is 42.5 Å². The van der Waals surface area contributed by atoms with E-state index in [1.165, 1.54) is 16.9 Å². The number of hydrogen-bond acceptors (Lipinski definition) is 7. The molecule has 0 saturated carbocycles. The molecular weight excluding hydrogens is 544 g/mol. The zero-order valence-electron chi connectivity index (χ0n) is 24.1. The Kier molecular flexibility index (Phi) is 11.7. The smallest absolute Gasteiger partial charge is 0.323 e. The van der Waals surface area contributed by atoms with E-state index < -0.39 is 36.4 Å². The summed E-state index contributed by atoms with van der Waals surface area (Å²) in [5.74, 6) is -1.25. The number of hydrogen-bond donors (Lipinski definition) is 5. The Morgan fingerprint density at radius 3 is 2.57 bits per heavy atom. The van der Waals surface area contributed by atoms with Gasteiger partial charge in [-0.1, -0.05) is 24.3 Å². The molecule has 2 aromatic carbocycles. The average Bonchev–Trinajstić information content (AvgIpc) is 2.95. The summed E-state index contributed by atoms with van der Waals surface area (Å²) in [5.41, 5.74) is 2.83. The molecule has 42 heavy (non-hydrogen) atoms. The molecule has 5 amide bonds. The maximum atomic E-state index is 12.8. The normalized spacial score (nSPS) is 14.5. The number of para-hydroxylation sites is 1. The number of urea groups is 2. The molecule has 5 N–H and O–H groups in total. The second kappa shape index (κ2) is 15.4. The summed E-state index contributed by atoms with van der Waals surface area (Å²) in [6, 6.07) is 10.7. The van der Waals surface area contributed by atoms with E-state index in [2.05, 4.69) is 21.3 Å². The highest BCUT2D eigenvalue weighted by molar-refractivity contribution is 6.01. The Balaban J connectivity index is 1.41. The number of carboxylic acid groups (broad SMARTS) is 1. The summed E-state index contributed by atoms with van der Waals surface area (Å²) in [7, 11) is 3.08. The SMILES string of the molecule is COc1cc(CC(=O)CNCCCN(C)C(=O)N2CCNC(=O)C2CC(=O)O)ccc1NC(=O)Nc1ccccc1C. The van der Waals surface area contributed by atoms with Crippen LogP contribution in [-0.2, 0) is 20.8 Å². The molecule has 0 aliphatic carbocycles. The number of ether oxygens (including phenoxy) is 1. The fraction of sp³-hybridized carbons (Fsp3) is 0.414. The van der Waals surface area contributed by atoms with Crippen molar-refractivity contribution in [1.82, 2.24) is 20.4 Å². The number of amides is 5. The average molecular weight is 583 g/mol. The van der Waals surface area contributed by atoms with Crippen LogP contribution < -0.4 is 26.0 Å². The van der Waals surface area contributed by atoms with E-state index in [0.717, 1.165) is 11.1 Å². The van der Waals surface area contributed by atoms with Gasteiger partial charge in [-0.2, -0.15) is 0 Å². The number of carboxylic acids is 1. The number of nitrogens with one attached hydrogen (secondary N) is 4. The third-order valence-electron chi connectivity index (χ3n) is 6.75. The minimum absolute atomic E-state index is 0.0460. The molecule has 0 radical (unpaired) electrons. The lowest BCUT2D eigenvalue weighted by Crippen LogP contribution is -2.60. The lowest BCUT2D eigenvalue weighted by atomic mass is 10.1. The number of Topliss-reactive ketones (excluding diaryl/α,β-unsaturated/α-hetero) is 1. The van der Waals surface area contributed by atoms with Gasteiger partial charge < -0.3 is 40.9 Å². The van der Waals surface area contributed by atoms with E-state index in [1.807, 2.05) is 31.2 Å². The van der Waals surface area contributed by atoms with Crippen LogP contribution in [0.2, 0.25) is 0 Å². The third kappa shape index (κ3) is 9.20. The largest absolute Gasteiger partial charge is 0.495 e. The number of rotatable bonds is 13. The van der Waals surface area contributed by atoms with E-state index in [4.69, 9.17) is 9.84 Å². The number of aryl methyl sites for hydroxylation is 1. The van der Waals surface area contributed by atoms with E-state index >= 15 is 0 Å². The highest BCUT2D eigenvalue weighted by atomic mass is 16.5. The van der Waals surface area contributed by atoms with Crippen LogP contribution in [0.4, 0.5) is 21.0 Å². The van der Waals surface area contributed by atoms with Gasteiger partial charge >= 0.3 is 18.0 Å². The summed E-state index contributed by atoms with van der Waals surface area (Å²) >= 11 is 0. The van der Waals surface area contributed by atoms with E-state index in [1.54, 1.807) is 25.2 Å². The quantitative estimate of drug-likeness (QED) is 0.224. The van der Waals surface area contributed by atoms with Crippen molar-refractivity contribution in [2.45, 2.75) is 32.2 Å². The van der Waals surface area contributed by atoms with Crippen molar-refractivity contribution in [3.8, 4) is 5.75 Å². The molecule has 0 aromatic heterocycles. The lowest BCUT2D eigenvalue weighted by Gasteiger charge is -2.36. The van der Waals surface area contributed by atoms with Crippen LogP contribution in [-0.4, -0.2) is 97.6 Å². The fourth-order valence-corrected chi connectivity index (χ4v) is 4.52. The first kappa shape index (κ1) is 31.9. The number of benzene rings is 2. The Morgan fingerprint density at radius 1 is 1.12 bits per heavy atom. The van der Waals surface area contributed by atoms with Crippen LogP contribution in [0.1, 0.15) is 24.0 Å². The molecule has 226 valence electrons. The molecule has 1 aliphatic heterocycles. The van der Waals surface area contributed by atoms with Gasteiger partial charge in [-0.25, -0.2) is 9.59 Å². The number of carbonyl (C=O) groups is 5. The highest BCUT2D eigenvalue weighted by Crippen LogP contribution is 2.26. The second-order valence-corrected chi connectivity index (χ2v) is 9.98. The molecule has 0 bridgehead atoms. The third-order valence-corrected chi connectivity index (χ3v) is 6.75. The molecule has 13 nitrogen and oxygen atoms in total. The molecular formula is C29H38N6O7. The fourth-order valence-electron chi connectivity index (χ4n) is 4.52. The molecule has 2 aromatic rings. The number of piperazine rings is 1. The van der Waals surface area contributed by atoms with Gasteiger partial charge in [0, 0.05) is 38.8 Å². The molecule has 1 heterocycles. The minimum Gasteiger partial charge on any atom is -0.495 e. The number of methoxy groups -OCH3 is 1. The van der Waals surface area contributed by atoms with Gasteiger partial charge in [0.05, 0.1) is 25.8 Å². The summed E-state index contributed by atoms with van der Waals surface area (Å²) in [4.78, 5) is 63.7. The Hall–Kier alpha value is -4.65. The lowest BCUT2D eigenvalue weighted by molar-refractivity contribution is -0.142. The van der Waals surface area contributed by atoms with Gasteiger partial charge in [-0.15, -0.1) is 0 Å². The van der Waals surface area contributed by atoms with Crippen LogP contribution in [0, 0.1) is 6.92 Å². The van der Waals surface area contributed by atoms with E-state index in [-0.39, 0.29) is 31.8 Å². The Bertz CT molecular complexity index is 1300. The van der Waals surface area contributed by atoms with Crippen LogP contribution >= 0.6 is 0 Å². The first-order chi connectivity index (χ1) is 20.1. The molecule has 3 rings (SSSR count). The maximum Gasteiger partial charge on any atom is 0.323 e. The van der Waals surface area contributed by atoms with Gasteiger partial charge in [-0.3, -0.25) is 14.4 Å². The van der Waals surface area contributed by atoms with Gasteiger partial charge in [0.15, 0.2) is 5.78 Å². The first-order valence-electron chi connectivity index (χ1n) is 13.6. The standard InChI is InChI=1S/C29H38N6O7/c1-19-7-4-5-8-22(19)32-28(40)33-23-10-9-20(16-25(23)42-3)15-21(36)18-30-11-6-13-34(2)29(41)35-14-12-31-27(39)24(35)17-26(37)38/h4-5,7-10,16,24,30H,6,11-15,17-18H2,1-3H3,(H,31,39)(H,37,38)(H2,32,33,40). The summed E-state index contributed by atoms with van der Waals surface area (Å²) in [5, 5.41) is 20.3. The number of ketones is 1. The number of anilines is 2. The molecule has 1 aliphatic rings. The van der Waals surface area contributed by atoms with Gasteiger partial charge in [0.25, 0.3) is 0 Å². The van der Waals surface area contributed by atoms with Crippen molar-refractivity contribution in [3.63, 3.8) is 0 Å². The first-order valence-corrected chi connectivity index (χ1v) is 13.6. The van der Waals surface area contributed by atoms with Gasteiger partial charge in [-0.05, 0) is 49.2 Å². The zero-order chi connectivity index (χ0) is 30.6. The molecule has 0 spiro atoms. The van der Waals surface area contributed by atoms with Gasteiger partial charge in [0.1, 0.15) is 11.8 Å². The number of aliphatic carboxylic acids is 1. The molecule has 1 atom stereocenters. The van der Waals surface area contributed by atoms with Crippen molar-refractivity contribution >= 4 is 41.1 Å². The summed E-state index contributed by atoms with van der Waals surface area (Å²) in [6.45, 7) is 3.38. The van der Waals surface area contributed by atoms with Crippen LogP contribution in [0.25, 0.3) is 0 Å². The number of carbonyl (C=O) groups excluding carboxylic acids is 4. The summed E-state index contributed by atoms with van der Waals surface area (Å²) in [6.07, 6.45) is 0.265. The Morgan fingerprint density at radius 2 is 1.86 bits per heavy atom. The number of nitrogens with zero attached hydrogens (tertiary/aromatic N) is 2. The van der Waals surface area contributed by atoms with Crippen LogP contribution in [0.5, 0.6) is 5.75 Å². The van der Waals surface area contributed by atoms with Gasteiger partial charge in [0.2, 0.25) is 5.91 Å². The van der Waals surface area contributed by atoms with Crippen molar-refractivity contribution in [3.05, 3.63) is 53.6 Å². The van der Waals surface area contributed by atoms with Crippen molar-refractivity contribution in [2.75, 3.05) is 57.5 Å². The Labute approximate surface area is 244 Å². The highest BCUT2D eigenvalue weighted by Gasteiger charge is 2.35. The van der Waals surface area contributed by atoms with Crippen molar-refractivity contribution in [1.29, 1.82) is 0 Å². The monoisotopic (exact) mass is 582 g/mol. The topological polar surface area (TPSA) is 169 Å². The maximum absolute atomic E-state index is 12.8. The molecule has 1 unspecified atom stereocenters. The predicted octanol–water partition coefficient (Wildman–Crippen LogP) is 2.07. The van der Waals surface area contributed by atoms with Crippen LogP contribution in [0.3, 0.4) is 0 Å². The molecule has 1 saturated heterocycles. The van der Waals surface area contributed by atoms with E-state index in [0.29, 0.717) is 36.6 Å². The van der Waals surface area contributed by atoms with Crippen molar-refractivity contribution in [2.24, 2.45) is 0 Å². The minimum atomic E-state index is -1.15. The molecule has 1 fully saturated rings. The van der Waals surface area contributed by atoms with Crippen molar-refractivity contribution < 1.29 is 33.8 Å². The predicted molar refractivity (Wildman–Crippen MR) is 157 cm³/mol. The zero-order valence-corrected chi connectivity index (χ0v) is 24.1. The second-order valence-electron chi connectivity index (χ2n) is 9.98.